The van der Waals surface area contributed by atoms with Gasteiger partial charge in [-0.05, 0) is 24.3 Å². The predicted molar refractivity (Wildman–Crippen MR) is 75.7 cm³/mol. The van der Waals surface area contributed by atoms with E-state index in [4.69, 9.17) is 9.84 Å². The first-order valence-corrected chi connectivity index (χ1v) is 9.15. The molecule has 2 rings (SSSR count). The van der Waals surface area contributed by atoms with Crippen LogP contribution < -0.4 is 4.74 Å². The molecule has 1 aromatic rings. The molecule has 0 atom stereocenters. The highest BCUT2D eigenvalue weighted by molar-refractivity contribution is 7.89. The van der Waals surface area contributed by atoms with Crippen LogP contribution in [0.1, 0.15) is 0 Å². The van der Waals surface area contributed by atoms with Gasteiger partial charge in [0.1, 0.15) is 12.4 Å². The lowest BCUT2D eigenvalue weighted by molar-refractivity contribution is 0.201. The molecule has 0 spiro atoms. The molecular weight excluding hydrogens is 302 g/mol. The number of hydrogen-bond donors (Lipinski definition) is 1. The van der Waals surface area contributed by atoms with E-state index in [1.54, 1.807) is 12.1 Å². The summed E-state index contributed by atoms with van der Waals surface area (Å²) in [5, 5.41) is 8.65. The Kier molecular flexibility index (Phi) is 5.14. The van der Waals surface area contributed by atoms with Crippen LogP contribution in [0.25, 0.3) is 0 Å². The summed E-state index contributed by atoms with van der Waals surface area (Å²) < 4.78 is 42.5. The zero-order valence-corrected chi connectivity index (χ0v) is 12.5. The molecule has 1 heterocycles. The molecule has 112 valence electrons. The highest BCUT2D eigenvalue weighted by atomic mass is 32.2. The summed E-state index contributed by atoms with van der Waals surface area (Å²) in [5.74, 6) is 1.28. The molecule has 1 saturated heterocycles. The number of hydrogen-bond acceptors (Lipinski definition) is 5. The van der Waals surface area contributed by atoms with Crippen molar-refractivity contribution in [3.05, 3.63) is 24.3 Å². The number of nitrogens with zero attached hydrogens (tertiary/aromatic N) is 1. The number of aliphatic hydroxyl groups is 1. The molecule has 1 fully saturated rings. The number of benzene rings is 1. The van der Waals surface area contributed by atoms with Gasteiger partial charge in [0, 0.05) is 35.4 Å². The second kappa shape index (κ2) is 6.66. The van der Waals surface area contributed by atoms with Crippen molar-refractivity contribution in [1.82, 2.24) is 4.31 Å². The standard InChI is InChI=1S/C12H17NO5S2/c14-7-8-18-11-1-3-12(4-2-11)20(16,17)13-5-9-19(15)10-6-13/h1-4,14H,5-10H2. The van der Waals surface area contributed by atoms with Gasteiger partial charge in [0.25, 0.3) is 0 Å². The van der Waals surface area contributed by atoms with Gasteiger partial charge in [-0.2, -0.15) is 4.31 Å². The number of sulfonamides is 1. The SMILES string of the molecule is O=S1CCN(S(=O)(=O)c2ccc(OCCO)cc2)CC1. The van der Waals surface area contributed by atoms with Crippen molar-refractivity contribution in [3.8, 4) is 5.75 Å². The van der Waals surface area contributed by atoms with Gasteiger partial charge >= 0.3 is 0 Å². The minimum absolute atomic E-state index is 0.0923. The smallest absolute Gasteiger partial charge is 0.243 e. The van der Waals surface area contributed by atoms with Gasteiger partial charge in [-0.25, -0.2) is 8.42 Å². The van der Waals surface area contributed by atoms with Crippen molar-refractivity contribution in [2.75, 3.05) is 37.8 Å². The fraction of sp³-hybridized carbons (Fsp3) is 0.500. The van der Waals surface area contributed by atoms with E-state index in [1.807, 2.05) is 0 Å². The van der Waals surface area contributed by atoms with Gasteiger partial charge in [-0.3, -0.25) is 4.21 Å². The van der Waals surface area contributed by atoms with Crippen LogP contribution in [0.4, 0.5) is 0 Å². The summed E-state index contributed by atoms with van der Waals surface area (Å²) >= 11 is 0. The lowest BCUT2D eigenvalue weighted by atomic mass is 10.3. The van der Waals surface area contributed by atoms with Crippen LogP contribution in [0.15, 0.2) is 29.2 Å². The average Bonchev–Trinajstić information content (AvgIpc) is 2.46. The van der Waals surface area contributed by atoms with Gasteiger partial charge in [-0.15, -0.1) is 0 Å². The monoisotopic (exact) mass is 319 g/mol. The molecule has 8 heteroatoms. The fourth-order valence-corrected chi connectivity index (χ4v) is 4.61. The van der Waals surface area contributed by atoms with E-state index >= 15 is 0 Å². The second-order valence-corrected chi connectivity index (χ2v) is 7.93. The topological polar surface area (TPSA) is 83.9 Å². The molecule has 1 N–H and O–H groups in total. The molecule has 0 amide bonds. The molecule has 0 aliphatic carbocycles. The molecule has 1 aromatic carbocycles. The summed E-state index contributed by atoms with van der Waals surface area (Å²) in [6.45, 7) is 0.657. The van der Waals surface area contributed by atoms with Crippen molar-refractivity contribution < 1.29 is 22.5 Å². The molecule has 0 aromatic heterocycles. The largest absolute Gasteiger partial charge is 0.491 e. The number of aliphatic hydroxyl groups excluding tert-OH is 1. The summed E-state index contributed by atoms with van der Waals surface area (Å²) in [4.78, 5) is 0.196. The maximum absolute atomic E-state index is 12.4. The van der Waals surface area contributed by atoms with Crippen LogP contribution >= 0.6 is 0 Å². The zero-order valence-electron chi connectivity index (χ0n) is 10.9. The lowest BCUT2D eigenvalue weighted by Crippen LogP contribution is -2.41. The van der Waals surface area contributed by atoms with Gasteiger partial charge < -0.3 is 9.84 Å². The van der Waals surface area contributed by atoms with Crippen molar-refractivity contribution >= 4 is 20.8 Å². The van der Waals surface area contributed by atoms with Crippen LogP contribution in [0.5, 0.6) is 5.75 Å². The third-order valence-corrected chi connectivity index (χ3v) is 6.15. The van der Waals surface area contributed by atoms with Gasteiger partial charge in [0.15, 0.2) is 0 Å². The summed E-state index contributed by atoms with van der Waals surface area (Å²) in [7, 11) is -4.44. The minimum atomic E-state index is -3.53. The molecular formula is C12H17NO5S2. The third kappa shape index (κ3) is 3.57. The van der Waals surface area contributed by atoms with E-state index < -0.39 is 20.8 Å². The summed E-state index contributed by atoms with van der Waals surface area (Å²) in [6, 6.07) is 6.08. The predicted octanol–water partition coefficient (Wildman–Crippen LogP) is -0.189. The van der Waals surface area contributed by atoms with Crippen molar-refractivity contribution in [1.29, 1.82) is 0 Å². The molecule has 0 bridgehead atoms. The Bertz CT molecular complexity index is 560. The molecule has 0 radical (unpaired) electrons. The quantitative estimate of drug-likeness (QED) is 0.813. The number of rotatable bonds is 5. The van der Waals surface area contributed by atoms with Crippen molar-refractivity contribution in [2.45, 2.75) is 4.90 Å². The highest BCUT2D eigenvalue weighted by Gasteiger charge is 2.27. The van der Waals surface area contributed by atoms with E-state index in [2.05, 4.69) is 0 Å². The molecule has 6 nitrogen and oxygen atoms in total. The maximum Gasteiger partial charge on any atom is 0.243 e. The fourth-order valence-electron chi connectivity index (χ4n) is 1.88. The van der Waals surface area contributed by atoms with Gasteiger partial charge in [-0.1, -0.05) is 0 Å². The summed E-state index contributed by atoms with van der Waals surface area (Å²) in [5.41, 5.74) is 0. The molecule has 20 heavy (non-hydrogen) atoms. The first-order valence-electron chi connectivity index (χ1n) is 6.23. The first-order chi connectivity index (χ1) is 9.54. The Hall–Kier alpha value is -0.960. The van der Waals surface area contributed by atoms with Crippen LogP contribution in [-0.2, 0) is 20.8 Å². The average molecular weight is 319 g/mol. The Morgan fingerprint density at radius 1 is 1.20 bits per heavy atom. The molecule has 1 aliphatic rings. The zero-order chi connectivity index (χ0) is 14.6. The van der Waals surface area contributed by atoms with E-state index in [1.165, 1.54) is 16.4 Å². The van der Waals surface area contributed by atoms with E-state index in [0.717, 1.165) is 0 Å². The van der Waals surface area contributed by atoms with Gasteiger partial charge in [0.05, 0.1) is 11.5 Å². The Labute approximate surface area is 120 Å². The molecule has 1 aliphatic heterocycles. The van der Waals surface area contributed by atoms with Crippen molar-refractivity contribution in [3.63, 3.8) is 0 Å². The van der Waals surface area contributed by atoms with E-state index in [9.17, 15) is 12.6 Å². The van der Waals surface area contributed by atoms with E-state index in [0.29, 0.717) is 17.3 Å². The van der Waals surface area contributed by atoms with Crippen LogP contribution in [0.3, 0.4) is 0 Å². The minimum Gasteiger partial charge on any atom is -0.491 e. The normalized spacial score (nSPS) is 18.1. The van der Waals surface area contributed by atoms with Crippen molar-refractivity contribution in [2.24, 2.45) is 0 Å². The summed E-state index contributed by atoms with van der Waals surface area (Å²) in [6.07, 6.45) is 0. The Balaban J connectivity index is 2.11. The second-order valence-electron chi connectivity index (χ2n) is 4.30. The molecule has 0 unspecified atom stereocenters. The first kappa shape index (κ1) is 15.4. The molecule has 0 saturated carbocycles. The van der Waals surface area contributed by atoms with Crippen LogP contribution in [0.2, 0.25) is 0 Å². The lowest BCUT2D eigenvalue weighted by Gasteiger charge is -2.25. The Morgan fingerprint density at radius 2 is 1.80 bits per heavy atom. The Morgan fingerprint density at radius 3 is 2.35 bits per heavy atom. The third-order valence-electron chi connectivity index (χ3n) is 2.96. The van der Waals surface area contributed by atoms with Gasteiger partial charge in [0.2, 0.25) is 10.0 Å². The van der Waals surface area contributed by atoms with E-state index in [-0.39, 0.29) is 31.2 Å². The maximum atomic E-state index is 12.4. The number of ether oxygens (including phenoxy) is 1. The van der Waals surface area contributed by atoms with Crippen LogP contribution in [0, 0.1) is 0 Å². The highest BCUT2D eigenvalue weighted by Crippen LogP contribution is 2.20. The van der Waals surface area contributed by atoms with Crippen LogP contribution in [-0.4, -0.2) is 59.8 Å².